The number of ether oxygens (including phenoxy) is 4. The van der Waals surface area contributed by atoms with Crippen molar-refractivity contribution < 1.29 is 39.4 Å². The van der Waals surface area contributed by atoms with Gasteiger partial charge in [0, 0.05) is 42.3 Å². The van der Waals surface area contributed by atoms with Gasteiger partial charge in [-0.3, -0.25) is 4.90 Å². The number of fused-ring (bicyclic) bond motifs is 5. The third-order valence-corrected chi connectivity index (χ3v) is 15.3. The Hall–Kier alpha value is -1.14. The number of hydrogen-bond acceptors (Lipinski definition) is 9. The Morgan fingerprint density at radius 1 is 1.00 bits per heavy atom. The van der Waals surface area contributed by atoms with E-state index in [9.17, 15) is 20.4 Å². The van der Waals surface area contributed by atoms with Crippen LogP contribution >= 0.6 is 0 Å². The van der Waals surface area contributed by atoms with Gasteiger partial charge in [0.15, 0.2) is 5.79 Å². The number of hydrogen-bond donors (Lipinski definition) is 4. The molecular formula is C38H55NO8. The highest BCUT2D eigenvalue weighted by atomic mass is 16.7. The lowest BCUT2D eigenvalue weighted by atomic mass is 9.47. The minimum Gasteiger partial charge on any atom is -0.393 e. The minimum absolute atomic E-state index is 0.000270. The summed E-state index contributed by atoms with van der Waals surface area (Å²) in [7, 11) is 0. The molecule has 260 valence electrons. The van der Waals surface area contributed by atoms with Crippen LogP contribution in [0.4, 0.5) is 0 Å². The first kappa shape index (κ1) is 31.8. The molecule has 4 saturated heterocycles. The van der Waals surface area contributed by atoms with Crippen molar-refractivity contribution in [1.29, 1.82) is 0 Å². The monoisotopic (exact) mass is 653 g/mol. The maximum atomic E-state index is 13.4. The summed E-state index contributed by atoms with van der Waals surface area (Å²) in [4.78, 5) is 2.45. The summed E-state index contributed by atoms with van der Waals surface area (Å²) >= 11 is 0. The fourth-order valence-corrected chi connectivity index (χ4v) is 13.5. The molecule has 8 aliphatic rings. The van der Waals surface area contributed by atoms with Gasteiger partial charge in [0.1, 0.15) is 17.3 Å². The fraction of sp³-hybridized carbons (Fsp3) is 0.842. The summed E-state index contributed by atoms with van der Waals surface area (Å²) < 4.78 is 27.1. The summed E-state index contributed by atoms with van der Waals surface area (Å²) in [6.07, 6.45) is 1.43. The molecule has 4 heterocycles. The molecule has 0 amide bonds. The van der Waals surface area contributed by atoms with E-state index in [1.807, 2.05) is 51.1 Å². The number of aliphatic hydroxyl groups excluding tert-OH is 2. The summed E-state index contributed by atoms with van der Waals surface area (Å²) in [5.74, 6) is -1.86. The maximum Gasteiger partial charge on any atom is 0.163 e. The van der Waals surface area contributed by atoms with Gasteiger partial charge in [0.2, 0.25) is 0 Å². The molecule has 4 bridgehead atoms. The van der Waals surface area contributed by atoms with Crippen LogP contribution in [0.3, 0.4) is 0 Å². The van der Waals surface area contributed by atoms with Crippen molar-refractivity contribution in [3.8, 4) is 0 Å². The molecule has 4 saturated carbocycles. The normalized spacial score (nSPS) is 57.3. The lowest BCUT2D eigenvalue weighted by Crippen LogP contribution is -2.77. The topological polar surface area (TPSA) is 121 Å². The Labute approximate surface area is 278 Å². The summed E-state index contributed by atoms with van der Waals surface area (Å²) in [5, 5.41) is 50.9. The molecule has 9 rings (SSSR count). The van der Waals surface area contributed by atoms with Crippen LogP contribution in [0, 0.1) is 40.9 Å². The average molecular weight is 654 g/mol. The van der Waals surface area contributed by atoms with Crippen molar-refractivity contribution >= 4 is 0 Å². The zero-order chi connectivity index (χ0) is 32.9. The van der Waals surface area contributed by atoms with Crippen LogP contribution in [-0.2, 0) is 25.6 Å². The van der Waals surface area contributed by atoms with Crippen molar-refractivity contribution in [2.75, 3.05) is 19.7 Å². The number of nitrogens with zero attached hydrogens (tertiary/aromatic N) is 1. The van der Waals surface area contributed by atoms with Gasteiger partial charge in [-0.25, -0.2) is 0 Å². The molecule has 0 unspecified atom stereocenters. The lowest BCUT2D eigenvalue weighted by molar-refractivity contribution is -0.351. The highest BCUT2D eigenvalue weighted by Crippen LogP contribution is 2.78. The van der Waals surface area contributed by atoms with Crippen LogP contribution in [-0.4, -0.2) is 104 Å². The van der Waals surface area contributed by atoms with Crippen LogP contribution < -0.4 is 0 Å². The van der Waals surface area contributed by atoms with E-state index in [4.69, 9.17) is 18.9 Å². The molecule has 2 spiro atoms. The molecule has 0 aromatic heterocycles. The molecule has 0 radical (unpaired) electrons. The second-order valence-corrected chi connectivity index (χ2v) is 18.0. The zero-order valence-electron chi connectivity index (χ0n) is 28.7. The van der Waals surface area contributed by atoms with E-state index in [-0.39, 0.29) is 36.0 Å². The van der Waals surface area contributed by atoms with Gasteiger partial charge in [-0.1, -0.05) is 44.2 Å². The first-order valence-electron chi connectivity index (χ1n) is 18.4. The van der Waals surface area contributed by atoms with Crippen LogP contribution in [0.2, 0.25) is 0 Å². The second kappa shape index (κ2) is 10.0. The van der Waals surface area contributed by atoms with Crippen LogP contribution in [0.1, 0.15) is 78.7 Å². The van der Waals surface area contributed by atoms with E-state index in [0.29, 0.717) is 31.9 Å². The second-order valence-electron chi connectivity index (χ2n) is 18.0. The minimum atomic E-state index is -1.67. The summed E-state index contributed by atoms with van der Waals surface area (Å²) in [5.41, 5.74) is -3.78. The molecule has 9 heteroatoms. The molecule has 8 fully saturated rings. The summed E-state index contributed by atoms with van der Waals surface area (Å²) in [6, 6.07) is 9.87. The van der Waals surface area contributed by atoms with Gasteiger partial charge in [0.25, 0.3) is 0 Å². The first-order chi connectivity index (χ1) is 22.2. The smallest absolute Gasteiger partial charge is 0.163 e. The molecule has 4 aliphatic carbocycles. The number of rotatable bonds is 3. The zero-order valence-corrected chi connectivity index (χ0v) is 28.7. The Morgan fingerprint density at radius 2 is 1.77 bits per heavy atom. The van der Waals surface area contributed by atoms with Gasteiger partial charge in [0.05, 0.1) is 42.7 Å². The first-order valence-corrected chi connectivity index (χ1v) is 18.4. The van der Waals surface area contributed by atoms with Crippen molar-refractivity contribution in [2.45, 2.75) is 138 Å². The van der Waals surface area contributed by atoms with Crippen LogP contribution in [0.15, 0.2) is 30.3 Å². The van der Waals surface area contributed by atoms with Crippen molar-refractivity contribution in [1.82, 2.24) is 4.90 Å². The van der Waals surface area contributed by atoms with Crippen molar-refractivity contribution in [3.05, 3.63) is 35.9 Å². The molecule has 1 aromatic carbocycles. The highest BCUT2D eigenvalue weighted by Gasteiger charge is 2.87. The molecular weight excluding hydrogens is 598 g/mol. The highest BCUT2D eigenvalue weighted by molar-refractivity contribution is 5.35. The standard InChI is InChI=1S/C38H55NO8/c1-21-11-12-27-35(5,42)29-23(18-39(27)17-21)24-16-37-31(38(24,43)32(41)30(29)44-19-22-9-7-6-8-10-22)25(40)15-26-34(37,4)14-13-28-36(26,47-37)20-45-33(2,3)46-28/h6-10,21,23-32,40-43H,11-20H2,1-5H3/t21-,23-,24-,25+,26-,27-,28-,29+,30+,31+,32-,34-,35+,36-,37+,38-/m0/s1. The fourth-order valence-electron chi connectivity index (χ4n) is 13.5. The SMILES string of the molecule is C[C@H]1CC[C@@H]2N(C1)C[C@@H]1[C@H]([C@@H](OCc3ccccc3)[C@H](O)[C@]3(O)[C@H]1C[C@]14O[C@]56COC(C)(C)O[C@H]5CC[C@@]1(C)[C@@H]6C[C@@H](O)[C@@H]34)[C@]2(C)O. The third kappa shape index (κ3) is 3.93. The molecule has 16 atom stereocenters. The Balaban J connectivity index is 1.17. The number of piperidine rings is 2. The molecule has 1 aromatic rings. The quantitative estimate of drug-likeness (QED) is 0.390. The molecule has 4 aliphatic heterocycles. The number of benzene rings is 1. The Bertz CT molecular complexity index is 1410. The van der Waals surface area contributed by atoms with Crippen LogP contribution in [0.5, 0.6) is 0 Å². The Kier molecular flexibility index (Phi) is 6.77. The summed E-state index contributed by atoms with van der Waals surface area (Å²) in [6.45, 7) is 12.7. The van der Waals surface area contributed by atoms with E-state index in [2.05, 4.69) is 18.7 Å². The van der Waals surface area contributed by atoms with Gasteiger partial charge < -0.3 is 39.4 Å². The molecule has 4 N–H and O–H groups in total. The Morgan fingerprint density at radius 3 is 2.53 bits per heavy atom. The van der Waals surface area contributed by atoms with Crippen LogP contribution in [0.25, 0.3) is 0 Å². The van der Waals surface area contributed by atoms with Crippen molar-refractivity contribution in [3.63, 3.8) is 0 Å². The number of aliphatic hydroxyl groups is 4. The van der Waals surface area contributed by atoms with Gasteiger partial charge in [-0.15, -0.1) is 0 Å². The largest absolute Gasteiger partial charge is 0.393 e. The van der Waals surface area contributed by atoms with Gasteiger partial charge in [-0.05, 0) is 82.6 Å². The van der Waals surface area contributed by atoms with Crippen molar-refractivity contribution in [2.24, 2.45) is 40.9 Å². The van der Waals surface area contributed by atoms with E-state index < -0.39 is 64.3 Å². The van der Waals surface area contributed by atoms with E-state index in [0.717, 1.165) is 37.8 Å². The average Bonchev–Trinajstić information content (AvgIpc) is 3.30. The lowest BCUT2D eigenvalue weighted by Gasteiger charge is -2.64. The van der Waals surface area contributed by atoms with E-state index >= 15 is 0 Å². The van der Waals surface area contributed by atoms with Gasteiger partial charge >= 0.3 is 0 Å². The molecule has 9 nitrogen and oxygen atoms in total. The van der Waals surface area contributed by atoms with E-state index in [1.54, 1.807) is 0 Å². The van der Waals surface area contributed by atoms with Gasteiger partial charge in [-0.2, -0.15) is 0 Å². The molecule has 47 heavy (non-hydrogen) atoms. The van der Waals surface area contributed by atoms with E-state index in [1.165, 1.54) is 0 Å². The maximum absolute atomic E-state index is 13.4. The third-order valence-electron chi connectivity index (χ3n) is 15.3. The predicted molar refractivity (Wildman–Crippen MR) is 172 cm³/mol. The predicted octanol–water partition coefficient (Wildman–Crippen LogP) is 3.25.